The molecule has 0 amide bonds. The molecular weight excluding hydrogens is 350 g/mol. The van der Waals surface area contributed by atoms with Crippen LogP contribution in [0.2, 0.25) is 0 Å². The standard InChI is InChI=1S/C19H17N3OS2/c1-2-13-20-18-21-22-19(25-18)24-17(15-11-7-4-8-12-15)16(23)14-9-5-3-6-10-14/h2-12,17H,1,13H2,(H,20,21)/t17-/m1/s1. The van der Waals surface area contributed by atoms with E-state index in [0.717, 1.165) is 15.0 Å². The van der Waals surface area contributed by atoms with Gasteiger partial charge in [0.05, 0.1) is 5.25 Å². The smallest absolute Gasteiger partial charge is 0.206 e. The molecule has 3 rings (SSSR count). The summed E-state index contributed by atoms with van der Waals surface area (Å²) in [4.78, 5) is 13.0. The summed E-state index contributed by atoms with van der Waals surface area (Å²) in [5.41, 5.74) is 1.65. The highest BCUT2D eigenvalue weighted by atomic mass is 32.2. The van der Waals surface area contributed by atoms with Crippen molar-refractivity contribution < 1.29 is 4.79 Å². The van der Waals surface area contributed by atoms with Gasteiger partial charge in [0, 0.05) is 12.1 Å². The minimum Gasteiger partial charge on any atom is -0.357 e. The largest absolute Gasteiger partial charge is 0.357 e. The number of carbonyl (C=O) groups excluding carboxylic acids is 1. The molecule has 0 radical (unpaired) electrons. The summed E-state index contributed by atoms with van der Waals surface area (Å²) in [6.45, 7) is 4.30. The van der Waals surface area contributed by atoms with Gasteiger partial charge in [-0.1, -0.05) is 89.8 Å². The molecule has 0 aliphatic carbocycles. The van der Waals surface area contributed by atoms with Crippen LogP contribution in [-0.4, -0.2) is 22.5 Å². The van der Waals surface area contributed by atoms with Gasteiger partial charge in [-0.15, -0.1) is 16.8 Å². The molecule has 3 aromatic rings. The van der Waals surface area contributed by atoms with Gasteiger partial charge in [-0.3, -0.25) is 4.79 Å². The minimum absolute atomic E-state index is 0.0626. The number of ketones is 1. The van der Waals surface area contributed by atoms with Crippen LogP contribution in [-0.2, 0) is 0 Å². The normalized spacial score (nSPS) is 11.7. The molecule has 1 atom stereocenters. The molecule has 25 heavy (non-hydrogen) atoms. The maximum absolute atomic E-state index is 13.0. The molecule has 0 saturated heterocycles. The molecule has 2 aromatic carbocycles. The van der Waals surface area contributed by atoms with Gasteiger partial charge in [0.25, 0.3) is 0 Å². The second-order valence-corrected chi connectivity index (χ2v) is 7.51. The Labute approximate surface area is 155 Å². The van der Waals surface area contributed by atoms with Crippen LogP contribution in [0.1, 0.15) is 21.2 Å². The van der Waals surface area contributed by atoms with Gasteiger partial charge in [0.2, 0.25) is 5.13 Å². The number of nitrogens with zero attached hydrogens (tertiary/aromatic N) is 2. The Morgan fingerprint density at radius 1 is 1.12 bits per heavy atom. The lowest BCUT2D eigenvalue weighted by Crippen LogP contribution is -2.09. The van der Waals surface area contributed by atoms with Crippen molar-refractivity contribution in [2.75, 3.05) is 11.9 Å². The maximum Gasteiger partial charge on any atom is 0.206 e. The predicted octanol–water partition coefficient (Wildman–Crippen LogP) is 4.85. The molecule has 0 bridgehead atoms. The molecule has 1 N–H and O–H groups in total. The molecule has 1 heterocycles. The second-order valence-electron chi connectivity index (χ2n) is 5.18. The molecule has 126 valence electrons. The molecule has 0 unspecified atom stereocenters. The van der Waals surface area contributed by atoms with Gasteiger partial charge < -0.3 is 5.32 Å². The molecule has 1 aromatic heterocycles. The predicted molar refractivity (Wildman–Crippen MR) is 104 cm³/mol. The Morgan fingerprint density at radius 3 is 2.48 bits per heavy atom. The van der Waals surface area contributed by atoms with Gasteiger partial charge >= 0.3 is 0 Å². The first-order valence-electron chi connectivity index (χ1n) is 7.77. The third kappa shape index (κ3) is 4.55. The summed E-state index contributed by atoms with van der Waals surface area (Å²) >= 11 is 2.87. The van der Waals surface area contributed by atoms with Crippen LogP contribution < -0.4 is 5.32 Å². The molecule has 0 aliphatic rings. The van der Waals surface area contributed by atoms with E-state index in [1.807, 2.05) is 60.7 Å². The van der Waals surface area contributed by atoms with Gasteiger partial charge in [0.1, 0.15) is 0 Å². The first-order valence-corrected chi connectivity index (χ1v) is 9.46. The number of carbonyl (C=O) groups is 1. The lowest BCUT2D eigenvalue weighted by molar-refractivity contribution is 0.0989. The first kappa shape index (κ1) is 17.4. The lowest BCUT2D eigenvalue weighted by Gasteiger charge is -2.14. The highest BCUT2D eigenvalue weighted by Gasteiger charge is 2.24. The second kappa shape index (κ2) is 8.60. The summed E-state index contributed by atoms with van der Waals surface area (Å²) in [7, 11) is 0. The Kier molecular flexibility index (Phi) is 5.98. The SMILES string of the molecule is C=CCNc1nnc(S[C@@H](C(=O)c2ccccc2)c2ccccc2)s1. The number of anilines is 1. The molecule has 0 aliphatic heterocycles. The van der Waals surface area contributed by atoms with Crippen LogP contribution in [0.4, 0.5) is 5.13 Å². The molecule has 0 saturated carbocycles. The fraction of sp³-hybridized carbons (Fsp3) is 0.105. The van der Waals surface area contributed by atoms with Crippen LogP contribution in [0.15, 0.2) is 77.7 Å². The van der Waals surface area contributed by atoms with Gasteiger partial charge in [-0.2, -0.15) is 0 Å². The van der Waals surface area contributed by atoms with E-state index in [2.05, 4.69) is 22.1 Å². The Morgan fingerprint density at radius 2 is 1.80 bits per heavy atom. The van der Waals surface area contributed by atoms with E-state index >= 15 is 0 Å². The number of hydrogen-bond donors (Lipinski definition) is 1. The van der Waals surface area contributed by atoms with E-state index in [9.17, 15) is 4.79 Å². The number of benzene rings is 2. The van der Waals surface area contributed by atoms with Crippen LogP contribution in [0.25, 0.3) is 0 Å². The Hall–Kier alpha value is -2.44. The van der Waals surface area contributed by atoms with Crippen molar-refractivity contribution in [1.29, 1.82) is 0 Å². The number of aromatic nitrogens is 2. The lowest BCUT2D eigenvalue weighted by atomic mass is 10.0. The van der Waals surface area contributed by atoms with Crippen molar-refractivity contribution in [3.63, 3.8) is 0 Å². The topological polar surface area (TPSA) is 54.9 Å². The monoisotopic (exact) mass is 367 g/mol. The van der Waals surface area contributed by atoms with E-state index in [1.165, 1.54) is 23.1 Å². The van der Waals surface area contributed by atoms with Crippen molar-refractivity contribution >= 4 is 34.0 Å². The molecule has 0 fully saturated rings. The molecule has 4 nitrogen and oxygen atoms in total. The van der Waals surface area contributed by atoms with Crippen molar-refractivity contribution in [3.05, 3.63) is 84.4 Å². The number of hydrogen-bond acceptors (Lipinski definition) is 6. The average Bonchev–Trinajstić information content (AvgIpc) is 3.13. The zero-order valence-electron chi connectivity index (χ0n) is 13.5. The number of Topliss-reactive ketones (excluding diaryl/α,β-unsaturated/α-hetero) is 1. The highest BCUT2D eigenvalue weighted by molar-refractivity contribution is 8.02. The minimum atomic E-state index is -0.358. The number of rotatable bonds is 8. The molecule has 6 heteroatoms. The van der Waals surface area contributed by atoms with E-state index < -0.39 is 0 Å². The third-order valence-electron chi connectivity index (χ3n) is 3.42. The quantitative estimate of drug-likeness (QED) is 0.350. The Bertz CT molecular complexity index is 834. The number of nitrogens with one attached hydrogen (secondary N) is 1. The van der Waals surface area contributed by atoms with Gasteiger partial charge in [0.15, 0.2) is 10.1 Å². The maximum atomic E-state index is 13.0. The summed E-state index contributed by atoms with van der Waals surface area (Å²) in [6.07, 6.45) is 1.76. The van der Waals surface area contributed by atoms with Crippen molar-refractivity contribution in [1.82, 2.24) is 10.2 Å². The number of thioether (sulfide) groups is 1. The molecular formula is C19H17N3OS2. The average molecular weight is 367 g/mol. The van der Waals surface area contributed by atoms with Crippen LogP contribution in [0.5, 0.6) is 0 Å². The van der Waals surface area contributed by atoms with Crippen LogP contribution in [0, 0.1) is 0 Å². The summed E-state index contributed by atoms with van der Waals surface area (Å²) in [6, 6.07) is 19.1. The van der Waals surface area contributed by atoms with Gasteiger partial charge in [-0.25, -0.2) is 0 Å². The molecule has 0 spiro atoms. The van der Waals surface area contributed by atoms with E-state index in [-0.39, 0.29) is 11.0 Å². The fourth-order valence-electron chi connectivity index (χ4n) is 2.24. The zero-order valence-corrected chi connectivity index (χ0v) is 15.1. The van der Waals surface area contributed by atoms with E-state index in [4.69, 9.17) is 0 Å². The van der Waals surface area contributed by atoms with Crippen LogP contribution in [0.3, 0.4) is 0 Å². The van der Waals surface area contributed by atoms with Crippen molar-refractivity contribution in [2.24, 2.45) is 0 Å². The summed E-state index contributed by atoms with van der Waals surface area (Å²) < 4.78 is 0.754. The zero-order chi connectivity index (χ0) is 17.5. The first-order chi connectivity index (χ1) is 12.3. The third-order valence-corrected chi connectivity index (χ3v) is 5.64. The van der Waals surface area contributed by atoms with Crippen molar-refractivity contribution in [2.45, 2.75) is 9.59 Å². The van der Waals surface area contributed by atoms with E-state index in [1.54, 1.807) is 6.08 Å². The summed E-state index contributed by atoms with van der Waals surface area (Å²) in [5.74, 6) is 0.0626. The summed E-state index contributed by atoms with van der Waals surface area (Å²) in [5, 5.41) is 11.8. The van der Waals surface area contributed by atoms with Crippen molar-refractivity contribution in [3.8, 4) is 0 Å². The highest BCUT2D eigenvalue weighted by Crippen LogP contribution is 2.39. The fourth-order valence-corrected chi connectivity index (χ4v) is 4.27. The Balaban J connectivity index is 1.85. The van der Waals surface area contributed by atoms with E-state index in [0.29, 0.717) is 12.1 Å². The van der Waals surface area contributed by atoms with Crippen LogP contribution >= 0.6 is 23.1 Å². The van der Waals surface area contributed by atoms with Gasteiger partial charge in [-0.05, 0) is 5.56 Å².